The van der Waals surface area contributed by atoms with E-state index in [4.69, 9.17) is 11.6 Å². The summed E-state index contributed by atoms with van der Waals surface area (Å²) in [5.74, 6) is -0.0978. The summed E-state index contributed by atoms with van der Waals surface area (Å²) in [4.78, 5) is 11.1. The van der Waals surface area contributed by atoms with E-state index in [1.807, 2.05) is 18.2 Å². The lowest BCUT2D eigenvalue weighted by Crippen LogP contribution is -2.06. The molecule has 0 bridgehead atoms. The normalized spacial score (nSPS) is 10.4. The highest BCUT2D eigenvalue weighted by Gasteiger charge is 2.08. The third-order valence-electron chi connectivity index (χ3n) is 2.25. The molecule has 0 atom stereocenters. The summed E-state index contributed by atoms with van der Waals surface area (Å²) in [6, 6.07) is 9.34. The van der Waals surface area contributed by atoms with Crippen LogP contribution in [0.3, 0.4) is 0 Å². The lowest BCUT2D eigenvalue weighted by Gasteiger charge is -2.09. The van der Waals surface area contributed by atoms with Crippen LogP contribution in [0.1, 0.15) is 6.92 Å². The number of fused-ring (bicyclic) bond motifs is 1. The van der Waals surface area contributed by atoms with Gasteiger partial charge in [0.05, 0.1) is 0 Å². The number of halogens is 2. The Bertz CT molecular complexity index is 568. The Morgan fingerprint density at radius 2 is 2.06 bits per heavy atom. The second-order valence-electron chi connectivity index (χ2n) is 3.44. The standard InChI is InChI=1S/C12H9BrClNO/c1-7(16)15-11-6-5-10(14)8-3-2-4-9(13)12(8)11/h2-6H,1H3,(H,15,16). The van der Waals surface area contributed by atoms with Gasteiger partial charge in [-0.2, -0.15) is 0 Å². The van der Waals surface area contributed by atoms with Crippen LogP contribution in [0.25, 0.3) is 10.8 Å². The zero-order chi connectivity index (χ0) is 11.7. The number of amides is 1. The van der Waals surface area contributed by atoms with Crippen molar-refractivity contribution in [3.05, 3.63) is 39.8 Å². The van der Waals surface area contributed by atoms with Gasteiger partial charge in [0, 0.05) is 32.9 Å². The van der Waals surface area contributed by atoms with Gasteiger partial charge in [-0.15, -0.1) is 0 Å². The molecule has 16 heavy (non-hydrogen) atoms. The number of rotatable bonds is 1. The molecule has 0 aliphatic rings. The van der Waals surface area contributed by atoms with Gasteiger partial charge in [-0.3, -0.25) is 4.79 Å². The van der Waals surface area contributed by atoms with Crippen molar-refractivity contribution in [2.75, 3.05) is 5.32 Å². The summed E-state index contributed by atoms with van der Waals surface area (Å²) in [7, 11) is 0. The monoisotopic (exact) mass is 297 g/mol. The van der Waals surface area contributed by atoms with E-state index in [-0.39, 0.29) is 5.91 Å². The molecule has 1 amide bonds. The molecule has 2 aromatic rings. The molecule has 2 aromatic carbocycles. The van der Waals surface area contributed by atoms with Gasteiger partial charge < -0.3 is 5.32 Å². The maximum Gasteiger partial charge on any atom is 0.221 e. The molecule has 2 rings (SSSR count). The maximum atomic E-state index is 11.1. The van der Waals surface area contributed by atoms with E-state index in [2.05, 4.69) is 21.2 Å². The van der Waals surface area contributed by atoms with Gasteiger partial charge in [0.1, 0.15) is 0 Å². The molecule has 0 saturated heterocycles. The smallest absolute Gasteiger partial charge is 0.221 e. The van der Waals surface area contributed by atoms with Crippen LogP contribution in [0.15, 0.2) is 34.8 Å². The Morgan fingerprint density at radius 1 is 1.31 bits per heavy atom. The Kier molecular flexibility index (Phi) is 3.17. The van der Waals surface area contributed by atoms with Crippen molar-refractivity contribution in [1.29, 1.82) is 0 Å². The van der Waals surface area contributed by atoms with Gasteiger partial charge in [-0.25, -0.2) is 0 Å². The molecule has 0 aromatic heterocycles. The van der Waals surface area contributed by atoms with Crippen LogP contribution < -0.4 is 5.32 Å². The number of anilines is 1. The summed E-state index contributed by atoms with van der Waals surface area (Å²) in [5.41, 5.74) is 0.763. The second-order valence-corrected chi connectivity index (χ2v) is 4.70. The lowest BCUT2D eigenvalue weighted by atomic mass is 10.1. The summed E-state index contributed by atoms with van der Waals surface area (Å²) in [6.07, 6.45) is 0. The molecule has 0 saturated carbocycles. The van der Waals surface area contributed by atoms with Crippen molar-refractivity contribution in [1.82, 2.24) is 0 Å². The van der Waals surface area contributed by atoms with Crippen LogP contribution in [0.5, 0.6) is 0 Å². The highest BCUT2D eigenvalue weighted by molar-refractivity contribution is 9.10. The van der Waals surface area contributed by atoms with E-state index < -0.39 is 0 Å². The minimum Gasteiger partial charge on any atom is -0.326 e. The number of carbonyl (C=O) groups excluding carboxylic acids is 1. The van der Waals surface area contributed by atoms with E-state index >= 15 is 0 Å². The molecule has 0 radical (unpaired) electrons. The average molecular weight is 299 g/mol. The Labute approximate surface area is 107 Å². The third kappa shape index (κ3) is 2.06. The topological polar surface area (TPSA) is 29.1 Å². The van der Waals surface area contributed by atoms with Gasteiger partial charge in [0.2, 0.25) is 5.91 Å². The van der Waals surface area contributed by atoms with Crippen molar-refractivity contribution < 1.29 is 4.79 Å². The van der Waals surface area contributed by atoms with E-state index in [0.717, 1.165) is 20.9 Å². The predicted octanol–water partition coefficient (Wildman–Crippen LogP) is 4.21. The molecule has 0 fully saturated rings. The molecule has 2 nitrogen and oxygen atoms in total. The number of hydrogen-bond donors (Lipinski definition) is 1. The first-order valence-corrected chi connectivity index (χ1v) is 5.91. The molecule has 4 heteroatoms. The molecular weight excluding hydrogens is 289 g/mol. The molecular formula is C12H9BrClNO. The first-order chi connectivity index (χ1) is 7.59. The van der Waals surface area contributed by atoms with Crippen molar-refractivity contribution in [2.24, 2.45) is 0 Å². The summed E-state index contributed by atoms with van der Waals surface area (Å²) in [5, 5.41) is 5.30. The summed E-state index contributed by atoms with van der Waals surface area (Å²) < 4.78 is 0.913. The minimum atomic E-state index is -0.0978. The van der Waals surface area contributed by atoms with Gasteiger partial charge in [0.25, 0.3) is 0 Å². The first-order valence-electron chi connectivity index (χ1n) is 4.74. The fraction of sp³-hybridized carbons (Fsp3) is 0.0833. The van der Waals surface area contributed by atoms with Crippen molar-refractivity contribution in [2.45, 2.75) is 6.92 Å². The van der Waals surface area contributed by atoms with Crippen LogP contribution >= 0.6 is 27.5 Å². The van der Waals surface area contributed by atoms with Crippen molar-refractivity contribution in [3.63, 3.8) is 0 Å². The molecule has 1 N–H and O–H groups in total. The highest BCUT2D eigenvalue weighted by atomic mass is 79.9. The van der Waals surface area contributed by atoms with Gasteiger partial charge in [-0.05, 0) is 18.2 Å². The fourth-order valence-corrected chi connectivity index (χ4v) is 2.42. The van der Waals surface area contributed by atoms with Gasteiger partial charge >= 0.3 is 0 Å². The molecule has 0 spiro atoms. The Morgan fingerprint density at radius 3 is 2.75 bits per heavy atom. The minimum absolute atomic E-state index is 0.0978. The maximum absolute atomic E-state index is 11.1. The Balaban J connectivity index is 2.75. The largest absolute Gasteiger partial charge is 0.326 e. The molecule has 0 aliphatic heterocycles. The van der Waals surface area contributed by atoms with Crippen LogP contribution in [0.2, 0.25) is 5.02 Å². The fourth-order valence-electron chi connectivity index (χ4n) is 1.62. The van der Waals surface area contributed by atoms with Crippen LogP contribution in [0.4, 0.5) is 5.69 Å². The SMILES string of the molecule is CC(=O)Nc1ccc(Cl)c2cccc(Br)c12. The van der Waals surface area contributed by atoms with Crippen LogP contribution in [0, 0.1) is 0 Å². The molecule has 0 aliphatic carbocycles. The van der Waals surface area contributed by atoms with E-state index in [1.165, 1.54) is 6.92 Å². The summed E-state index contributed by atoms with van der Waals surface area (Å²) in [6.45, 7) is 1.48. The number of nitrogens with one attached hydrogen (secondary N) is 1. The van der Waals surface area contributed by atoms with E-state index in [1.54, 1.807) is 12.1 Å². The molecule has 82 valence electrons. The molecule has 0 heterocycles. The zero-order valence-electron chi connectivity index (χ0n) is 8.55. The van der Waals surface area contributed by atoms with Crippen molar-refractivity contribution in [3.8, 4) is 0 Å². The number of carbonyl (C=O) groups is 1. The first kappa shape index (κ1) is 11.4. The number of hydrogen-bond acceptors (Lipinski definition) is 1. The van der Waals surface area contributed by atoms with Gasteiger partial charge in [-0.1, -0.05) is 39.7 Å². The second kappa shape index (κ2) is 4.44. The third-order valence-corrected chi connectivity index (χ3v) is 3.24. The lowest BCUT2D eigenvalue weighted by molar-refractivity contribution is -0.114. The van der Waals surface area contributed by atoms with Crippen LogP contribution in [-0.4, -0.2) is 5.91 Å². The quantitative estimate of drug-likeness (QED) is 0.839. The molecule has 0 unspecified atom stereocenters. The van der Waals surface area contributed by atoms with E-state index in [9.17, 15) is 4.79 Å². The summed E-state index contributed by atoms with van der Waals surface area (Å²) >= 11 is 9.57. The van der Waals surface area contributed by atoms with Gasteiger partial charge in [0.15, 0.2) is 0 Å². The number of benzene rings is 2. The average Bonchev–Trinajstić information content (AvgIpc) is 2.22. The Hall–Kier alpha value is -1.06. The van der Waals surface area contributed by atoms with E-state index in [0.29, 0.717) is 5.02 Å². The highest BCUT2D eigenvalue weighted by Crippen LogP contribution is 2.34. The predicted molar refractivity (Wildman–Crippen MR) is 71.0 cm³/mol. The zero-order valence-corrected chi connectivity index (χ0v) is 10.9. The van der Waals surface area contributed by atoms with Crippen molar-refractivity contribution >= 4 is 49.9 Å². The van der Waals surface area contributed by atoms with Crippen LogP contribution in [-0.2, 0) is 4.79 Å².